The molecule has 1 saturated heterocycles. The third-order valence-corrected chi connectivity index (χ3v) is 5.82. The molecule has 1 aromatic rings. The number of hydrogen-bond donors (Lipinski definition) is 2. The fraction of sp³-hybridized carbons (Fsp3) is 0.579. The van der Waals surface area contributed by atoms with Gasteiger partial charge in [0.05, 0.1) is 11.8 Å². The van der Waals surface area contributed by atoms with E-state index in [0.29, 0.717) is 6.54 Å². The molecule has 2 amide bonds. The van der Waals surface area contributed by atoms with Crippen molar-refractivity contribution in [3.8, 4) is 0 Å². The van der Waals surface area contributed by atoms with Crippen molar-refractivity contribution in [1.82, 2.24) is 10.2 Å². The molecule has 1 aliphatic heterocycles. The second kappa shape index (κ2) is 7.05. The van der Waals surface area contributed by atoms with E-state index in [1.165, 1.54) is 5.56 Å². The molecular formula is C19H23F3N2O3. The van der Waals surface area contributed by atoms with Crippen LogP contribution in [-0.4, -0.2) is 47.8 Å². The van der Waals surface area contributed by atoms with Gasteiger partial charge in [-0.1, -0.05) is 31.2 Å². The third kappa shape index (κ3) is 3.89. The van der Waals surface area contributed by atoms with Gasteiger partial charge >= 0.3 is 18.2 Å². The Balaban J connectivity index is 1.68. The highest BCUT2D eigenvalue weighted by molar-refractivity contribution is 5.78. The topological polar surface area (TPSA) is 69.6 Å². The maximum absolute atomic E-state index is 13.1. The lowest BCUT2D eigenvalue weighted by atomic mass is 9.71. The van der Waals surface area contributed by atoms with E-state index in [4.69, 9.17) is 5.11 Å². The van der Waals surface area contributed by atoms with E-state index in [1.54, 1.807) is 0 Å². The summed E-state index contributed by atoms with van der Waals surface area (Å²) >= 11 is 0. The minimum absolute atomic E-state index is 0.292. The molecule has 0 spiro atoms. The number of carbonyl (C=O) groups is 2. The lowest BCUT2D eigenvalue weighted by Crippen LogP contribution is -2.46. The third-order valence-electron chi connectivity index (χ3n) is 5.82. The number of aryl methyl sites for hydroxylation is 1. The number of benzene rings is 1. The van der Waals surface area contributed by atoms with Crippen LogP contribution in [0.2, 0.25) is 0 Å². The molecule has 8 heteroatoms. The van der Waals surface area contributed by atoms with Gasteiger partial charge in [-0.25, -0.2) is 4.79 Å². The Hall–Kier alpha value is -2.25. The zero-order chi connectivity index (χ0) is 19.8. The Labute approximate surface area is 155 Å². The lowest BCUT2D eigenvalue weighted by Gasteiger charge is -2.36. The van der Waals surface area contributed by atoms with E-state index in [-0.39, 0.29) is 5.41 Å². The fourth-order valence-corrected chi connectivity index (χ4v) is 4.25. The van der Waals surface area contributed by atoms with Crippen molar-refractivity contribution < 1.29 is 27.9 Å². The summed E-state index contributed by atoms with van der Waals surface area (Å²) in [6.45, 7) is 1.28. The normalized spacial score (nSPS) is 27.9. The SMILES string of the molecule is CC1(CNC(=O)N2C[C@@H](C(F)(F)F)[C@H](C(=O)O)C2)CCCc2ccccc21. The van der Waals surface area contributed by atoms with E-state index in [9.17, 15) is 22.8 Å². The van der Waals surface area contributed by atoms with Gasteiger partial charge in [-0.05, 0) is 30.4 Å². The molecule has 148 valence electrons. The summed E-state index contributed by atoms with van der Waals surface area (Å²) in [6.07, 6.45) is -1.83. The minimum Gasteiger partial charge on any atom is -0.481 e. The van der Waals surface area contributed by atoms with Gasteiger partial charge in [-0.15, -0.1) is 0 Å². The predicted molar refractivity (Wildman–Crippen MR) is 92.4 cm³/mol. The molecule has 27 heavy (non-hydrogen) atoms. The summed E-state index contributed by atoms with van der Waals surface area (Å²) in [5.41, 5.74) is 2.08. The van der Waals surface area contributed by atoms with Crippen LogP contribution >= 0.6 is 0 Å². The van der Waals surface area contributed by atoms with Crippen LogP contribution in [0.1, 0.15) is 30.9 Å². The number of rotatable bonds is 3. The highest BCUT2D eigenvalue weighted by Gasteiger charge is 2.53. The minimum atomic E-state index is -4.65. The number of alkyl halides is 3. The van der Waals surface area contributed by atoms with E-state index in [0.717, 1.165) is 29.7 Å². The van der Waals surface area contributed by atoms with Crippen LogP contribution < -0.4 is 5.32 Å². The molecule has 2 aliphatic rings. The summed E-state index contributed by atoms with van der Waals surface area (Å²) < 4.78 is 39.3. The molecule has 1 fully saturated rings. The van der Waals surface area contributed by atoms with Gasteiger partial charge in [0.25, 0.3) is 0 Å². The van der Waals surface area contributed by atoms with Gasteiger partial charge in [0.2, 0.25) is 0 Å². The molecular weight excluding hydrogens is 361 g/mol. The van der Waals surface area contributed by atoms with Crippen LogP contribution in [0.15, 0.2) is 24.3 Å². The van der Waals surface area contributed by atoms with Crippen LogP contribution in [0, 0.1) is 11.8 Å². The van der Waals surface area contributed by atoms with E-state index in [2.05, 4.69) is 11.4 Å². The number of halogens is 3. The van der Waals surface area contributed by atoms with Crippen molar-refractivity contribution in [1.29, 1.82) is 0 Å². The maximum Gasteiger partial charge on any atom is 0.394 e. The summed E-state index contributed by atoms with van der Waals surface area (Å²) in [5, 5.41) is 11.8. The van der Waals surface area contributed by atoms with Crippen molar-refractivity contribution in [3.05, 3.63) is 35.4 Å². The zero-order valence-corrected chi connectivity index (χ0v) is 15.1. The molecule has 1 aliphatic carbocycles. The molecule has 0 bridgehead atoms. The molecule has 0 radical (unpaired) electrons. The highest BCUT2D eigenvalue weighted by Crippen LogP contribution is 2.39. The first kappa shape index (κ1) is 19.5. The monoisotopic (exact) mass is 384 g/mol. The summed E-state index contributed by atoms with van der Waals surface area (Å²) in [6, 6.07) is 7.35. The number of urea groups is 1. The average molecular weight is 384 g/mol. The van der Waals surface area contributed by atoms with Crippen LogP contribution in [0.3, 0.4) is 0 Å². The molecule has 0 aromatic heterocycles. The van der Waals surface area contributed by atoms with Crippen molar-refractivity contribution in [2.45, 2.75) is 37.8 Å². The number of carboxylic acid groups (broad SMARTS) is 1. The molecule has 3 atom stereocenters. The van der Waals surface area contributed by atoms with Crippen LogP contribution in [0.4, 0.5) is 18.0 Å². The van der Waals surface area contributed by atoms with Crippen molar-refractivity contribution in [2.75, 3.05) is 19.6 Å². The number of nitrogens with zero attached hydrogens (tertiary/aromatic N) is 1. The van der Waals surface area contributed by atoms with Crippen LogP contribution in [0.25, 0.3) is 0 Å². The number of nitrogens with one attached hydrogen (secondary N) is 1. The molecule has 1 unspecified atom stereocenters. The maximum atomic E-state index is 13.1. The number of fused-ring (bicyclic) bond motifs is 1. The largest absolute Gasteiger partial charge is 0.481 e. The van der Waals surface area contributed by atoms with Crippen LogP contribution in [0.5, 0.6) is 0 Å². The van der Waals surface area contributed by atoms with Gasteiger partial charge in [-0.3, -0.25) is 4.79 Å². The molecule has 3 rings (SSSR count). The Morgan fingerprint density at radius 2 is 2.00 bits per heavy atom. The fourth-order valence-electron chi connectivity index (χ4n) is 4.25. The first-order valence-corrected chi connectivity index (χ1v) is 9.02. The lowest BCUT2D eigenvalue weighted by molar-refractivity contribution is -0.187. The van der Waals surface area contributed by atoms with Crippen LogP contribution in [-0.2, 0) is 16.6 Å². The number of carbonyl (C=O) groups excluding carboxylic acids is 1. The van der Waals surface area contributed by atoms with Gasteiger partial charge in [0.1, 0.15) is 0 Å². The van der Waals surface area contributed by atoms with Gasteiger partial charge in [-0.2, -0.15) is 13.2 Å². The molecule has 0 saturated carbocycles. The molecule has 1 heterocycles. The van der Waals surface area contributed by atoms with Crippen molar-refractivity contribution in [3.63, 3.8) is 0 Å². The highest BCUT2D eigenvalue weighted by atomic mass is 19.4. The smallest absolute Gasteiger partial charge is 0.394 e. The Bertz CT molecular complexity index is 737. The number of aliphatic carboxylic acids is 1. The second-order valence-electron chi connectivity index (χ2n) is 7.73. The van der Waals surface area contributed by atoms with Crippen molar-refractivity contribution >= 4 is 12.0 Å². The molecule has 5 nitrogen and oxygen atoms in total. The summed E-state index contributed by atoms with van der Waals surface area (Å²) in [7, 11) is 0. The predicted octanol–water partition coefficient (Wildman–Crippen LogP) is 3.19. The van der Waals surface area contributed by atoms with E-state index >= 15 is 0 Å². The quantitative estimate of drug-likeness (QED) is 0.841. The second-order valence-corrected chi connectivity index (χ2v) is 7.73. The van der Waals surface area contributed by atoms with Gasteiger partial charge in [0, 0.05) is 25.0 Å². The number of amides is 2. The summed E-state index contributed by atoms with van der Waals surface area (Å²) in [4.78, 5) is 24.6. The van der Waals surface area contributed by atoms with Gasteiger partial charge < -0.3 is 15.3 Å². The first-order chi connectivity index (χ1) is 12.6. The Morgan fingerprint density at radius 1 is 1.30 bits per heavy atom. The first-order valence-electron chi connectivity index (χ1n) is 9.02. The Morgan fingerprint density at radius 3 is 2.63 bits per heavy atom. The standard InChI is InChI=1S/C19H23F3N2O3/c1-18(8-4-6-12-5-2-3-7-14(12)18)11-23-17(27)24-9-13(16(25)26)15(10-24)19(20,21)22/h2-3,5,7,13,15H,4,6,8-11H2,1H3,(H,23,27)(H,25,26)/t13-,15-,18?/m1/s1. The zero-order valence-electron chi connectivity index (χ0n) is 15.1. The van der Waals surface area contributed by atoms with E-state index < -0.39 is 43.1 Å². The van der Waals surface area contributed by atoms with Crippen molar-refractivity contribution in [2.24, 2.45) is 11.8 Å². The van der Waals surface area contributed by atoms with Gasteiger partial charge in [0.15, 0.2) is 0 Å². The molecule has 2 N–H and O–H groups in total. The molecule has 1 aromatic carbocycles. The number of carboxylic acids is 1. The average Bonchev–Trinajstić information content (AvgIpc) is 3.06. The Kier molecular flexibility index (Phi) is 5.10. The number of hydrogen-bond acceptors (Lipinski definition) is 2. The van der Waals surface area contributed by atoms with E-state index in [1.807, 2.05) is 25.1 Å². The summed E-state index contributed by atoms with van der Waals surface area (Å²) in [5.74, 6) is -5.19. The number of likely N-dealkylation sites (tertiary alicyclic amines) is 1.